The third-order valence-electron chi connectivity index (χ3n) is 2.31. The summed E-state index contributed by atoms with van der Waals surface area (Å²) in [6, 6.07) is -0.121. The number of alkyl carbamates (subject to hydrolysis) is 1. The summed E-state index contributed by atoms with van der Waals surface area (Å²) in [5, 5.41) is 2.76. The third-order valence-corrected chi connectivity index (χ3v) is 2.31. The molecule has 3 N–H and O–H groups in total. The molecular formula is C11H24N2O3. The highest BCUT2D eigenvalue weighted by Crippen LogP contribution is 2.10. The summed E-state index contributed by atoms with van der Waals surface area (Å²) in [6.07, 6.45) is 0.499. The fraction of sp³-hybridized carbons (Fsp3) is 0.909. The molecule has 2 atom stereocenters. The number of hydrogen-bond acceptors (Lipinski definition) is 4. The van der Waals surface area contributed by atoms with Crippen molar-refractivity contribution in [2.75, 3.05) is 6.61 Å². The van der Waals surface area contributed by atoms with Gasteiger partial charge in [-0.25, -0.2) is 10.7 Å². The molecule has 0 aromatic rings. The van der Waals surface area contributed by atoms with Gasteiger partial charge in [-0.15, -0.1) is 0 Å². The molecule has 0 saturated heterocycles. The molecule has 1 amide bonds. The summed E-state index contributed by atoms with van der Waals surface area (Å²) >= 11 is 0. The number of carbonyl (C=O) groups is 1. The Kier molecular flexibility index (Phi) is 6.36. The van der Waals surface area contributed by atoms with E-state index >= 15 is 0 Å². The maximum absolute atomic E-state index is 11.5. The second kappa shape index (κ2) is 6.70. The van der Waals surface area contributed by atoms with Crippen LogP contribution in [0.15, 0.2) is 0 Å². The van der Waals surface area contributed by atoms with E-state index in [4.69, 9.17) is 10.6 Å². The lowest BCUT2D eigenvalue weighted by molar-refractivity contribution is 0.0397. The molecule has 2 unspecified atom stereocenters. The average Bonchev–Trinajstić information content (AvgIpc) is 2.13. The van der Waals surface area contributed by atoms with Crippen molar-refractivity contribution in [1.82, 2.24) is 5.32 Å². The molecule has 0 heterocycles. The van der Waals surface area contributed by atoms with E-state index in [0.717, 1.165) is 6.42 Å². The smallest absolute Gasteiger partial charge is 0.407 e. The third kappa shape index (κ3) is 6.63. The van der Waals surface area contributed by atoms with Crippen LogP contribution < -0.4 is 11.2 Å². The van der Waals surface area contributed by atoms with E-state index in [2.05, 4.69) is 10.2 Å². The summed E-state index contributed by atoms with van der Waals surface area (Å²) in [5.41, 5.74) is -0.492. The van der Waals surface area contributed by atoms with Crippen LogP contribution in [0.4, 0.5) is 4.79 Å². The van der Waals surface area contributed by atoms with E-state index in [9.17, 15) is 4.79 Å². The van der Waals surface area contributed by atoms with Crippen LogP contribution in [0.25, 0.3) is 0 Å². The minimum atomic E-state index is -0.492. The van der Waals surface area contributed by atoms with Gasteiger partial charge in [-0.3, -0.25) is 0 Å². The number of nitrogens with two attached hydrogens (primary N) is 1. The van der Waals surface area contributed by atoms with E-state index in [1.54, 1.807) is 0 Å². The van der Waals surface area contributed by atoms with Gasteiger partial charge in [0.15, 0.2) is 0 Å². The van der Waals surface area contributed by atoms with Gasteiger partial charge in [0.25, 0.3) is 0 Å². The van der Waals surface area contributed by atoms with Crippen molar-refractivity contribution < 1.29 is 14.4 Å². The summed E-state index contributed by atoms with van der Waals surface area (Å²) < 4.78 is 5.16. The van der Waals surface area contributed by atoms with Gasteiger partial charge in [0.2, 0.25) is 0 Å². The van der Waals surface area contributed by atoms with E-state index in [0.29, 0.717) is 0 Å². The first kappa shape index (κ1) is 15.2. The predicted octanol–water partition coefficient (Wildman–Crippen LogP) is 1.82. The fourth-order valence-corrected chi connectivity index (χ4v) is 1.20. The molecule has 0 aliphatic carbocycles. The Morgan fingerprint density at radius 2 is 2.00 bits per heavy atom. The van der Waals surface area contributed by atoms with Gasteiger partial charge < -0.3 is 14.9 Å². The molecule has 0 aliphatic rings. The molecule has 0 aromatic heterocycles. The van der Waals surface area contributed by atoms with Crippen LogP contribution in [-0.2, 0) is 9.57 Å². The lowest BCUT2D eigenvalue weighted by Gasteiger charge is -2.26. The lowest BCUT2D eigenvalue weighted by atomic mass is 10.0. The number of hydrogen-bond donors (Lipinski definition) is 2. The van der Waals surface area contributed by atoms with Crippen LogP contribution in [0.1, 0.15) is 41.0 Å². The zero-order valence-corrected chi connectivity index (χ0v) is 10.9. The van der Waals surface area contributed by atoms with Crippen molar-refractivity contribution in [1.29, 1.82) is 0 Å². The molecule has 0 spiro atoms. The van der Waals surface area contributed by atoms with Crippen molar-refractivity contribution in [3.8, 4) is 0 Å². The summed E-state index contributed by atoms with van der Waals surface area (Å²) in [7, 11) is 0. The highest BCUT2D eigenvalue weighted by Gasteiger charge is 2.22. The quantitative estimate of drug-likeness (QED) is 0.709. The zero-order valence-electron chi connectivity index (χ0n) is 10.9. The second-order valence-corrected chi connectivity index (χ2v) is 4.97. The van der Waals surface area contributed by atoms with Crippen LogP contribution in [0.2, 0.25) is 0 Å². The predicted molar refractivity (Wildman–Crippen MR) is 62.8 cm³/mol. The molecule has 5 nitrogen and oxygen atoms in total. The largest absolute Gasteiger partial charge is 0.444 e. The number of nitrogens with one attached hydrogen (secondary N) is 1. The van der Waals surface area contributed by atoms with E-state index in [1.807, 2.05) is 34.6 Å². The Labute approximate surface area is 97.6 Å². The minimum absolute atomic E-state index is 0.121. The van der Waals surface area contributed by atoms with Gasteiger partial charge in [-0.05, 0) is 26.7 Å². The van der Waals surface area contributed by atoms with E-state index in [1.165, 1.54) is 0 Å². The van der Waals surface area contributed by atoms with E-state index in [-0.39, 0.29) is 18.6 Å². The van der Waals surface area contributed by atoms with Crippen molar-refractivity contribution in [2.45, 2.75) is 52.7 Å². The molecule has 0 saturated carbocycles. The molecule has 0 bridgehead atoms. The van der Waals surface area contributed by atoms with Crippen LogP contribution >= 0.6 is 0 Å². The Bertz CT molecular complexity index is 214. The summed E-state index contributed by atoms with van der Waals surface area (Å²) in [5.74, 6) is 5.32. The van der Waals surface area contributed by atoms with Crippen LogP contribution in [0.3, 0.4) is 0 Å². The Morgan fingerprint density at radius 3 is 2.38 bits per heavy atom. The van der Waals surface area contributed by atoms with Crippen molar-refractivity contribution in [2.24, 2.45) is 11.8 Å². The number of ether oxygens (including phenoxy) is 1. The molecule has 16 heavy (non-hydrogen) atoms. The Balaban J connectivity index is 4.23. The Hall–Kier alpha value is -0.810. The van der Waals surface area contributed by atoms with Crippen LogP contribution in [-0.4, -0.2) is 24.3 Å². The van der Waals surface area contributed by atoms with Gasteiger partial charge in [0.1, 0.15) is 5.60 Å². The molecule has 0 aromatic carbocycles. The number of amides is 1. The van der Waals surface area contributed by atoms with Gasteiger partial charge in [0, 0.05) is 0 Å². The van der Waals surface area contributed by atoms with Crippen molar-refractivity contribution in [3.63, 3.8) is 0 Å². The molecular weight excluding hydrogens is 208 g/mol. The Morgan fingerprint density at radius 1 is 1.44 bits per heavy atom. The average molecular weight is 232 g/mol. The first-order chi connectivity index (χ1) is 7.30. The molecule has 0 rings (SSSR count). The van der Waals surface area contributed by atoms with Crippen LogP contribution in [0.5, 0.6) is 0 Å². The number of rotatable bonds is 5. The second-order valence-electron chi connectivity index (χ2n) is 4.97. The molecule has 0 fully saturated rings. The normalized spacial score (nSPS) is 15.4. The highest BCUT2D eigenvalue weighted by molar-refractivity contribution is 5.68. The number of carbonyl (C=O) groups excluding carboxylic acids is 1. The highest BCUT2D eigenvalue weighted by atomic mass is 16.6. The maximum atomic E-state index is 11.5. The van der Waals surface area contributed by atoms with Crippen LogP contribution in [0, 0.1) is 5.92 Å². The monoisotopic (exact) mass is 232 g/mol. The van der Waals surface area contributed by atoms with Gasteiger partial charge in [-0.1, -0.05) is 20.3 Å². The topological polar surface area (TPSA) is 73.6 Å². The van der Waals surface area contributed by atoms with Gasteiger partial charge in [0.05, 0.1) is 12.6 Å². The van der Waals surface area contributed by atoms with Crippen molar-refractivity contribution in [3.05, 3.63) is 0 Å². The summed E-state index contributed by atoms with van der Waals surface area (Å²) in [4.78, 5) is 16.1. The standard InChI is InChI=1S/C11H24N2O3/c1-6-8(2)9(7-15-12)13-10(14)16-11(3,4)5/h8-9H,6-7,12H2,1-5H3,(H,13,14). The molecule has 5 heteroatoms. The summed E-state index contributed by atoms with van der Waals surface area (Å²) in [6.45, 7) is 9.83. The lowest BCUT2D eigenvalue weighted by Crippen LogP contribution is -2.45. The molecule has 0 aliphatic heterocycles. The zero-order chi connectivity index (χ0) is 12.8. The maximum Gasteiger partial charge on any atom is 0.407 e. The molecule has 96 valence electrons. The van der Waals surface area contributed by atoms with Gasteiger partial charge in [-0.2, -0.15) is 0 Å². The first-order valence-corrected chi connectivity index (χ1v) is 5.61. The molecule has 0 radical (unpaired) electrons. The van der Waals surface area contributed by atoms with Gasteiger partial charge >= 0.3 is 6.09 Å². The van der Waals surface area contributed by atoms with E-state index < -0.39 is 11.7 Å². The SMILES string of the molecule is CCC(C)C(CON)NC(=O)OC(C)(C)C. The fourth-order valence-electron chi connectivity index (χ4n) is 1.20. The van der Waals surface area contributed by atoms with Crippen molar-refractivity contribution >= 4 is 6.09 Å². The minimum Gasteiger partial charge on any atom is -0.444 e. The first-order valence-electron chi connectivity index (χ1n) is 5.61.